The van der Waals surface area contributed by atoms with Crippen molar-refractivity contribution in [2.45, 2.75) is 16.8 Å². The molecule has 0 atom stereocenters. The van der Waals surface area contributed by atoms with E-state index in [1.165, 1.54) is 42.5 Å². The molecular weight excluding hydrogens is 429 g/mol. The van der Waals surface area contributed by atoms with Gasteiger partial charge in [-0.05, 0) is 48.0 Å². The van der Waals surface area contributed by atoms with Crippen LogP contribution in [-0.2, 0) is 9.59 Å². The maximum absolute atomic E-state index is 12.3. The number of rotatable bonds is 6. The number of nitrogens with one attached hydrogen (secondary N) is 2. The number of benzene rings is 2. The van der Waals surface area contributed by atoms with Crippen LogP contribution in [0, 0.1) is 11.3 Å². The van der Waals surface area contributed by atoms with Gasteiger partial charge in [0.05, 0.1) is 0 Å². The predicted molar refractivity (Wildman–Crippen MR) is 102 cm³/mol. The standard InChI is InChI=1S/C19H12F5N3O2S/c20-18(21)30-15-6-4-13(5-7-15)26-16(28)12(10-25)8-11-2-1-3-14(9-11)27-17(29)19(22,23)24/h1-9,18H,(H,26,28)(H,27,29)/b12-8+. The molecule has 2 aromatic rings. The molecule has 5 nitrogen and oxygen atoms in total. The van der Waals surface area contributed by atoms with Gasteiger partial charge in [-0.1, -0.05) is 23.9 Å². The Hall–Kier alpha value is -3.39. The van der Waals surface area contributed by atoms with Crippen LogP contribution < -0.4 is 10.6 Å². The molecule has 0 heterocycles. The van der Waals surface area contributed by atoms with E-state index in [2.05, 4.69) is 5.32 Å². The molecule has 0 aliphatic rings. The van der Waals surface area contributed by atoms with Gasteiger partial charge >= 0.3 is 12.1 Å². The van der Waals surface area contributed by atoms with Gasteiger partial charge < -0.3 is 10.6 Å². The molecule has 0 aliphatic carbocycles. The summed E-state index contributed by atoms with van der Waals surface area (Å²) in [4.78, 5) is 23.6. The van der Waals surface area contributed by atoms with E-state index in [0.717, 1.165) is 12.1 Å². The number of halogens is 5. The summed E-state index contributed by atoms with van der Waals surface area (Å²) < 4.78 is 61.7. The SMILES string of the molecule is N#C/C(=C\c1cccc(NC(=O)C(F)(F)F)c1)C(=O)Nc1ccc(SC(F)F)cc1. The molecule has 0 saturated heterocycles. The molecule has 2 rings (SSSR count). The minimum atomic E-state index is -5.06. The number of hydrogen-bond acceptors (Lipinski definition) is 4. The number of alkyl halides is 5. The third kappa shape index (κ3) is 6.89. The zero-order valence-corrected chi connectivity index (χ0v) is 15.7. The van der Waals surface area contributed by atoms with E-state index in [0.29, 0.717) is 11.8 Å². The van der Waals surface area contributed by atoms with Crippen LogP contribution in [0.25, 0.3) is 6.08 Å². The molecule has 156 valence electrons. The van der Waals surface area contributed by atoms with Gasteiger partial charge in [0, 0.05) is 16.3 Å². The Kier molecular flexibility index (Phi) is 7.54. The van der Waals surface area contributed by atoms with Crippen molar-refractivity contribution in [3.8, 4) is 6.07 Å². The summed E-state index contributed by atoms with van der Waals surface area (Å²) in [5, 5.41) is 13.3. The lowest BCUT2D eigenvalue weighted by Gasteiger charge is -2.09. The molecule has 2 N–H and O–H groups in total. The van der Waals surface area contributed by atoms with E-state index in [-0.39, 0.29) is 27.4 Å². The first kappa shape index (κ1) is 22.9. The normalized spacial score (nSPS) is 11.7. The number of nitriles is 1. The first-order chi connectivity index (χ1) is 14.1. The fourth-order valence-corrected chi connectivity index (χ4v) is 2.64. The lowest BCUT2D eigenvalue weighted by molar-refractivity contribution is -0.167. The van der Waals surface area contributed by atoms with Crippen LogP contribution in [0.5, 0.6) is 0 Å². The third-order valence-corrected chi connectivity index (χ3v) is 4.14. The summed E-state index contributed by atoms with van der Waals surface area (Å²) in [5.74, 6) is -5.55. The van der Waals surface area contributed by atoms with Gasteiger partial charge in [0.15, 0.2) is 0 Å². The third-order valence-electron chi connectivity index (χ3n) is 3.42. The molecule has 0 radical (unpaired) electrons. The van der Waals surface area contributed by atoms with Crippen LogP contribution in [0.2, 0.25) is 0 Å². The number of thioether (sulfide) groups is 1. The highest BCUT2D eigenvalue weighted by molar-refractivity contribution is 7.99. The topological polar surface area (TPSA) is 82.0 Å². The summed E-state index contributed by atoms with van der Waals surface area (Å²) in [6.45, 7) is 0. The van der Waals surface area contributed by atoms with Crippen LogP contribution >= 0.6 is 11.8 Å². The van der Waals surface area contributed by atoms with Gasteiger partial charge in [0.25, 0.3) is 11.7 Å². The number of hydrogen-bond donors (Lipinski definition) is 2. The second kappa shape index (κ2) is 9.89. The molecule has 0 aliphatic heterocycles. The van der Waals surface area contributed by atoms with Gasteiger partial charge in [-0.25, -0.2) is 0 Å². The first-order valence-corrected chi connectivity index (χ1v) is 8.92. The lowest BCUT2D eigenvalue weighted by atomic mass is 10.1. The van der Waals surface area contributed by atoms with Crippen molar-refractivity contribution >= 4 is 41.0 Å². The molecule has 0 aromatic heterocycles. The summed E-state index contributed by atoms with van der Waals surface area (Å²) >= 11 is 0.335. The van der Waals surface area contributed by atoms with Crippen molar-refractivity contribution in [2.24, 2.45) is 0 Å². The summed E-state index contributed by atoms with van der Waals surface area (Å²) in [6.07, 6.45) is -3.94. The lowest BCUT2D eigenvalue weighted by Crippen LogP contribution is -2.29. The summed E-state index contributed by atoms with van der Waals surface area (Å²) in [5.41, 5.74) is -0.0764. The molecular formula is C19H12F5N3O2S. The molecule has 2 aromatic carbocycles. The van der Waals surface area contributed by atoms with Crippen molar-refractivity contribution < 1.29 is 31.5 Å². The molecule has 0 saturated carbocycles. The van der Waals surface area contributed by atoms with Crippen LogP contribution in [0.1, 0.15) is 5.56 Å². The fourth-order valence-electron chi connectivity index (χ4n) is 2.14. The number of anilines is 2. The van der Waals surface area contributed by atoms with Crippen LogP contribution in [0.15, 0.2) is 59.0 Å². The highest BCUT2D eigenvalue weighted by Gasteiger charge is 2.38. The maximum Gasteiger partial charge on any atom is 0.471 e. The molecule has 30 heavy (non-hydrogen) atoms. The minimum absolute atomic E-state index is 0.170. The quantitative estimate of drug-likeness (QED) is 0.285. The van der Waals surface area contributed by atoms with E-state index in [9.17, 15) is 36.8 Å². The van der Waals surface area contributed by atoms with Gasteiger partial charge in [-0.3, -0.25) is 9.59 Å². The van der Waals surface area contributed by atoms with Crippen molar-refractivity contribution in [1.29, 1.82) is 5.26 Å². The highest BCUT2D eigenvalue weighted by atomic mass is 32.2. The van der Waals surface area contributed by atoms with Gasteiger partial charge in [0.2, 0.25) is 0 Å². The van der Waals surface area contributed by atoms with Crippen LogP contribution in [0.4, 0.5) is 33.3 Å². The Morgan fingerprint density at radius 2 is 1.70 bits per heavy atom. The maximum atomic E-state index is 12.3. The summed E-state index contributed by atoms with van der Waals surface area (Å²) in [6, 6.07) is 12.3. The number of carbonyl (C=O) groups is 2. The van der Waals surface area contributed by atoms with Crippen LogP contribution in [0.3, 0.4) is 0 Å². The summed E-state index contributed by atoms with van der Waals surface area (Å²) in [7, 11) is 0. The molecule has 0 unspecified atom stereocenters. The Bertz CT molecular complexity index is 998. The Balaban J connectivity index is 2.13. The predicted octanol–water partition coefficient (Wildman–Crippen LogP) is 5.05. The number of amides is 2. The molecule has 2 amide bonds. The minimum Gasteiger partial charge on any atom is -0.321 e. The molecule has 11 heteroatoms. The van der Waals surface area contributed by atoms with Gasteiger partial charge in [-0.2, -0.15) is 27.2 Å². The Morgan fingerprint density at radius 1 is 1.03 bits per heavy atom. The van der Waals surface area contributed by atoms with Crippen molar-refractivity contribution in [1.82, 2.24) is 0 Å². The molecule has 0 bridgehead atoms. The largest absolute Gasteiger partial charge is 0.471 e. The molecule has 0 fully saturated rings. The Labute approximate surface area is 171 Å². The highest BCUT2D eigenvalue weighted by Crippen LogP contribution is 2.26. The first-order valence-electron chi connectivity index (χ1n) is 8.05. The van der Waals surface area contributed by atoms with Crippen molar-refractivity contribution in [2.75, 3.05) is 10.6 Å². The van der Waals surface area contributed by atoms with E-state index < -0.39 is 23.7 Å². The van der Waals surface area contributed by atoms with Crippen molar-refractivity contribution in [3.63, 3.8) is 0 Å². The second-order valence-electron chi connectivity index (χ2n) is 5.60. The smallest absolute Gasteiger partial charge is 0.321 e. The zero-order valence-electron chi connectivity index (χ0n) is 14.8. The number of carbonyl (C=O) groups excluding carboxylic acids is 2. The average Bonchev–Trinajstić information content (AvgIpc) is 2.66. The van der Waals surface area contributed by atoms with E-state index >= 15 is 0 Å². The molecule has 0 spiro atoms. The second-order valence-corrected chi connectivity index (χ2v) is 6.67. The van der Waals surface area contributed by atoms with Gasteiger partial charge in [0.1, 0.15) is 11.6 Å². The van der Waals surface area contributed by atoms with E-state index in [4.69, 9.17) is 0 Å². The monoisotopic (exact) mass is 441 g/mol. The Morgan fingerprint density at radius 3 is 2.27 bits per heavy atom. The number of nitrogens with zero attached hydrogens (tertiary/aromatic N) is 1. The van der Waals surface area contributed by atoms with Crippen molar-refractivity contribution in [3.05, 3.63) is 59.7 Å². The average molecular weight is 441 g/mol. The van der Waals surface area contributed by atoms with E-state index in [1.807, 2.05) is 0 Å². The fraction of sp³-hybridized carbons (Fsp3) is 0.105. The van der Waals surface area contributed by atoms with Crippen LogP contribution in [-0.4, -0.2) is 23.7 Å². The zero-order chi connectivity index (χ0) is 22.3. The van der Waals surface area contributed by atoms with E-state index in [1.54, 1.807) is 11.4 Å². The van der Waals surface area contributed by atoms with Gasteiger partial charge in [-0.15, -0.1) is 0 Å².